The predicted molar refractivity (Wildman–Crippen MR) is 131 cm³/mol. The average Bonchev–Trinajstić information content (AvgIpc) is 2.81. The van der Waals surface area contributed by atoms with E-state index < -0.39 is 6.04 Å². The number of nitrogens with one attached hydrogen (secondary N) is 1. The minimum absolute atomic E-state index is 0.150. The van der Waals surface area contributed by atoms with Gasteiger partial charge in [-0.2, -0.15) is 0 Å². The van der Waals surface area contributed by atoms with Gasteiger partial charge < -0.3 is 19.7 Å². The van der Waals surface area contributed by atoms with Crippen LogP contribution in [0, 0.1) is 11.7 Å². The van der Waals surface area contributed by atoms with Crippen LogP contribution in [0.1, 0.15) is 52.2 Å². The highest BCUT2D eigenvalue weighted by molar-refractivity contribution is 5.87. The van der Waals surface area contributed by atoms with Gasteiger partial charge in [-0.05, 0) is 68.5 Å². The molecule has 2 aromatic rings. The van der Waals surface area contributed by atoms with Crippen molar-refractivity contribution in [3.63, 3.8) is 0 Å². The smallest absolute Gasteiger partial charge is 0.242 e. The first-order chi connectivity index (χ1) is 16.2. The Morgan fingerprint density at radius 2 is 1.56 bits per heavy atom. The zero-order valence-electron chi connectivity index (χ0n) is 20.9. The number of hydrogen-bond donors (Lipinski definition) is 1. The average molecular weight is 473 g/mol. The molecule has 0 bridgehead atoms. The fourth-order valence-corrected chi connectivity index (χ4v) is 3.47. The number of carbonyl (C=O) groups is 2. The van der Waals surface area contributed by atoms with Crippen molar-refractivity contribution in [2.45, 2.75) is 60.0 Å². The van der Waals surface area contributed by atoms with Crippen molar-refractivity contribution >= 4 is 11.8 Å². The van der Waals surface area contributed by atoms with E-state index in [-0.39, 0.29) is 30.6 Å². The van der Waals surface area contributed by atoms with Crippen molar-refractivity contribution < 1.29 is 23.5 Å². The summed E-state index contributed by atoms with van der Waals surface area (Å²) in [4.78, 5) is 27.6. The monoisotopic (exact) mass is 472 g/mol. The van der Waals surface area contributed by atoms with Gasteiger partial charge >= 0.3 is 0 Å². The number of rotatable bonds is 13. The lowest BCUT2D eigenvalue weighted by molar-refractivity contribution is -0.140. The predicted octanol–water partition coefficient (Wildman–Crippen LogP) is 4.75. The molecule has 1 atom stereocenters. The first-order valence-corrected chi connectivity index (χ1v) is 11.9. The van der Waals surface area contributed by atoms with Crippen LogP contribution >= 0.6 is 0 Å². The Kier molecular flexibility index (Phi) is 10.8. The highest BCUT2D eigenvalue weighted by atomic mass is 19.1. The van der Waals surface area contributed by atoms with Gasteiger partial charge in [0, 0.05) is 19.5 Å². The van der Waals surface area contributed by atoms with Crippen LogP contribution in [0.25, 0.3) is 0 Å². The van der Waals surface area contributed by atoms with E-state index in [9.17, 15) is 14.0 Å². The Labute approximate surface area is 202 Å². The number of amides is 2. The normalized spacial score (nSPS) is 11.7. The molecule has 34 heavy (non-hydrogen) atoms. The van der Waals surface area contributed by atoms with Gasteiger partial charge in [0.15, 0.2) is 11.5 Å². The molecule has 0 aromatic heterocycles. The summed E-state index contributed by atoms with van der Waals surface area (Å²) in [6, 6.07) is 11.0. The summed E-state index contributed by atoms with van der Waals surface area (Å²) in [5.74, 6) is 0.931. The van der Waals surface area contributed by atoms with Crippen LogP contribution in [0.15, 0.2) is 42.5 Å². The Bertz CT molecular complexity index is 931. The van der Waals surface area contributed by atoms with E-state index in [0.717, 1.165) is 11.1 Å². The summed E-state index contributed by atoms with van der Waals surface area (Å²) in [6.45, 7) is 11.4. The zero-order chi connectivity index (χ0) is 25.1. The van der Waals surface area contributed by atoms with Gasteiger partial charge in [0.1, 0.15) is 11.9 Å². The molecule has 2 amide bonds. The van der Waals surface area contributed by atoms with E-state index in [1.807, 2.05) is 45.9 Å². The molecule has 7 heteroatoms. The minimum atomic E-state index is -0.657. The number of nitrogens with zero attached hydrogens (tertiary/aromatic N) is 1. The van der Waals surface area contributed by atoms with Crippen LogP contribution < -0.4 is 14.8 Å². The Morgan fingerprint density at radius 3 is 2.18 bits per heavy atom. The number of halogens is 1. The van der Waals surface area contributed by atoms with Crippen molar-refractivity contribution in [3.8, 4) is 11.5 Å². The van der Waals surface area contributed by atoms with Gasteiger partial charge in [0.05, 0.1) is 13.2 Å². The molecule has 0 spiro atoms. The van der Waals surface area contributed by atoms with E-state index in [1.165, 1.54) is 12.1 Å². The van der Waals surface area contributed by atoms with Gasteiger partial charge in [0.25, 0.3) is 0 Å². The third-order valence-electron chi connectivity index (χ3n) is 5.35. The molecule has 186 valence electrons. The molecule has 1 unspecified atom stereocenters. The highest BCUT2D eigenvalue weighted by Crippen LogP contribution is 2.29. The van der Waals surface area contributed by atoms with Crippen molar-refractivity contribution in [1.29, 1.82) is 0 Å². The molecule has 0 saturated heterocycles. The molecule has 2 rings (SSSR count). The first-order valence-electron chi connectivity index (χ1n) is 11.9. The number of benzene rings is 2. The topological polar surface area (TPSA) is 67.9 Å². The highest BCUT2D eigenvalue weighted by Gasteiger charge is 2.26. The molecule has 0 aliphatic carbocycles. The summed E-state index contributed by atoms with van der Waals surface area (Å²) in [5, 5.41) is 2.90. The van der Waals surface area contributed by atoms with Crippen molar-refractivity contribution in [2.75, 3.05) is 19.8 Å². The lowest BCUT2D eigenvalue weighted by atomic mass is 10.1. The molecule has 0 aliphatic rings. The summed E-state index contributed by atoms with van der Waals surface area (Å²) in [7, 11) is 0. The van der Waals surface area contributed by atoms with Crippen LogP contribution in [0.2, 0.25) is 0 Å². The van der Waals surface area contributed by atoms with Crippen molar-refractivity contribution in [1.82, 2.24) is 10.2 Å². The van der Waals surface area contributed by atoms with Crippen LogP contribution in [0.4, 0.5) is 4.39 Å². The van der Waals surface area contributed by atoms with Gasteiger partial charge in [0.2, 0.25) is 11.8 Å². The van der Waals surface area contributed by atoms with E-state index >= 15 is 0 Å². The van der Waals surface area contributed by atoms with Gasteiger partial charge in [-0.25, -0.2) is 4.39 Å². The maximum Gasteiger partial charge on any atom is 0.242 e. The SMILES string of the molecule is CCOc1ccc(CCC(=O)N(Cc2ccc(F)cc2)C(C)C(=O)NCC(C)C)cc1OCC. The Morgan fingerprint density at radius 1 is 0.941 bits per heavy atom. The third kappa shape index (κ3) is 8.36. The maximum atomic E-state index is 13.4. The molecule has 1 N–H and O–H groups in total. The summed E-state index contributed by atoms with van der Waals surface area (Å²) in [5.41, 5.74) is 1.71. The maximum absolute atomic E-state index is 13.4. The Hall–Kier alpha value is -3.09. The first kappa shape index (κ1) is 27.2. The van der Waals surface area contributed by atoms with E-state index in [0.29, 0.717) is 43.6 Å². The van der Waals surface area contributed by atoms with E-state index in [2.05, 4.69) is 5.32 Å². The zero-order valence-corrected chi connectivity index (χ0v) is 20.9. The van der Waals surface area contributed by atoms with Crippen LogP contribution in [0.3, 0.4) is 0 Å². The fraction of sp³-hybridized carbons (Fsp3) is 0.481. The fourth-order valence-electron chi connectivity index (χ4n) is 3.47. The molecule has 6 nitrogen and oxygen atoms in total. The largest absolute Gasteiger partial charge is 0.490 e. The molecule has 2 aromatic carbocycles. The standard InChI is InChI=1S/C27H37FN2O4/c1-6-33-24-14-10-21(16-25(24)34-7-2)11-15-26(31)30(18-22-8-12-23(28)13-9-22)20(5)27(32)29-17-19(3)4/h8-10,12-14,16,19-20H,6-7,11,15,17-18H2,1-5H3,(H,29,32). The van der Waals surface area contributed by atoms with E-state index in [4.69, 9.17) is 9.47 Å². The number of hydrogen-bond acceptors (Lipinski definition) is 4. The molecule has 0 fully saturated rings. The van der Waals surface area contributed by atoms with Gasteiger partial charge in [-0.1, -0.05) is 32.0 Å². The van der Waals surface area contributed by atoms with E-state index in [1.54, 1.807) is 24.0 Å². The molecular weight excluding hydrogens is 435 g/mol. The number of ether oxygens (including phenoxy) is 2. The van der Waals surface area contributed by atoms with Crippen LogP contribution in [0.5, 0.6) is 11.5 Å². The molecule has 0 saturated carbocycles. The summed E-state index contributed by atoms with van der Waals surface area (Å²) < 4.78 is 24.6. The number of aryl methyl sites for hydroxylation is 1. The second-order valence-electron chi connectivity index (χ2n) is 8.61. The second kappa shape index (κ2) is 13.6. The van der Waals surface area contributed by atoms with Crippen LogP contribution in [-0.2, 0) is 22.6 Å². The van der Waals surface area contributed by atoms with Gasteiger partial charge in [-0.15, -0.1) is 0 Å². The lowest BCUT2D eigenvalue weighted by Crippen LogP contribution is -2.48. The number of carbonyl (C=O) groups excluding carboxylic acids is 2. The third-order valence-corrected chi connectivity index (χ3v) is 5.35. The Balaban J connectivity index is 2.16. The molecular formula is C27H37FN2O4. The lowest BCUT2D eigenvalue weighted by Gasteiger charge is -2.29. The molecule has 0 aliphatic heterocycles. The summed E-state index contributed by atoms with van der Waals surface area (Å²) in [6.07, 6.45) is 0.716. The van der Waals surface area contributed by atoms with Crippen molar-refractivity contribution in [3.05, 3.63) is 59.4 Å². The second-order valence-corrected chi connectivity index (χ2v) is 8.61. The minimum Gasteiger partial charge on any atom is -0.490 e. The van der Waals surface area contributed by atoms with Crippen molar-refractivity contribution in [2.24, 2.45) is 5.92 Å². The quantitative estimate of drug-likeness (QED) is 0.457. The molecule has 0 radical (unpaired) electrons. The van der Waals surface area contributed by atoms with Gasteiger partial charge in [-0.3, -0.25) is 9.59 Å². The summed E-state index contributed by atoms with van der Waals surface area (Å²) >= 11 is 0. The molecule has 0 heterocycles. The van der Waals surface area contributed by atoms with Crippen LogP contribution in [-0.4, -0.2) is 42.5 Å².